The van der Waals surface area contributed by atoms with Crippen LogP contribution in [0.25, 0.3) is 0 Å². The number of furan rings is 1. The summed E-state index contributed by atoms with van der Waals surface area (Å²) in [5, 5.41) is 9.02. The van der Waals surface area contributed by atoms with Crippen LogP contribution in [0.2, 0.25) is 0 Å². The van der Waals surface area contributed by atoms with Crippen LogP contribution in [-0.4, -0.2) is 23.3 Å². The molecule has 0 aliphatic rings. The SMILES string of the molecule is Cc1oc(C(=O)O)c(OC(C)C)c1OC(C)C. The average Bonchev–Trinajstić information content (AvgIpc) is 2.44. The van der Waals surface area contributed by atoms with Crippen molar-refractivity contribution >= 4 is 5.97 Å². The Morgan fingerprint density at radius 2 is 1.59 bits per heavy atom. The van der Waals surface area contributed by atoms with Crippen molar-refractivity contribution < 1.29 is 23.8 Å². The van der Waals surface area contributed by atoms with E-state index in [2.05, 4.69) is 0 Å². The van der Waals surface area contributed by atoms with E-state index in [4.69, 9.17) is 19.0 Å². The van der Waals surface area contributed by atoms with Crippen molar-refractivity contribution in [2.24, 2.45) is 0 Å². The molecule has 1 aromatic heterocycles. The zero-order valence-corrected chi connectivity index (χ0v) is 10.7. The first-order valence-electron chi connectivity index (χ1n) is 5.53. The van der Waals surface area contributed by atoms with E-state index in [-0.39, 0.29) is 23.7 Å². The zero-order chi connectivity index (χ0) is 13.2. The van der Waals surface area contributed by atoms with Gasteiger partial charge in [0.15, 0.2) is 0 Å². The number of aromatic carboxylic acids is 1. The molecule has 0 radical (unpaired) electrons. The fourth-order valence-corrected chi connectivity index (χ4v) is 1.36. The standard InChI is InChI=1S/C12H18O5/c1-6(2)15-9-8(5)17-11(12(13)14)10(9)16-7(3)4/h6-7H,1-5H3,(H,13,14). The molecule has 5 nitrogen and oxygen atoms in total. The number of carboxylic acid groups (broad SMARTS) is 1. The highest BCUT2D eigenvalue weighted by molar-refractivity contribution is 5.89. The summed E-state index contributed by atoms with van der Waals surface area (Å²) in [7, 11) is 0. The minimum atomic E-state index is -1.16. The van der Waals surface area contributed by atoms with E-state index in [0.717, 1.165) is 0 Å². The van der Waals surface area contributed by atoms with Gasteiger partial charge in [-0.25, -0.2) is 4.79 Å². The maximum atomic E-state index is 11.0. The highest BCUT2D eigenvalue weighted by Crippen LogP contribution is 2.39. The number of carboxylic acids is 1. The molecule has 17 heavy (non-hydrogen) atoms. The molecule has 0 fully saturated rings. The molecule has 0 bridgehead atoms. The summed E-state index contributed by atoms with van der Waals surface area (Å²) in [6.07, 6.45) is -0.234. The van der Waals surface area contributed by atoms with Crippen LogP contribution in [0.4, 0.5) is 0 Å². The molecule has 0 atom stereocenters. The van der Waals surface area contributed by atoms with Crippen molar-refractivity contribution in [3.63, 3.8) is 0 Å². The summed E-state index contributed by atoms with van der Waals surface area (Å²) < 4.78 is 16.1. The van der Waals surface area contributed by atoms with Gasteiger partial charge in [0.25, 0.3) is 5.76 Å². The molecule has 0 saturated carbocycles. The van der Waals surface area contributed by atoms with Gasteiger partial charge < -0.3 is 19.0 Å². The number of rotatable bonds is 5. The molecular formula is C12H18O5. The van der Waals surface area contributed by atoms with Crippen LogP contribution in [0.5, 0.6) is 11.5 Å². The molecule has 96 valence electrons. The summed E-state index contributed by atoms with van der Waals surface area (Å²) in [6, 6.07) is 0. The predicted molar refractivity (Wildman–Crippen MR) is 61.9 cm³/mol. The normalized spacial score (nSPS) is 11.0. The van der Waals surface area contributed by atoms with Gasteiger partial charge in [0, 0.05) is 0 Å². The summed E-state index contributed by atoms with van der Waals surface area (Å²) >= 11 is 0. The lowest BCUT2D eigenvalue weighted by molar-refractivity contribution is 0.0652. The number of aryl methyl sites for hydroxylation is 1. The Morgan fingerprint density at radius 1 is 1.12 bits per heavy atom. The first-order valence-corrected chi connectivity index (χ1v) is 5.53. The van der Waals surface area contributed by atoms with Gasteiger partial charge >= 0.3 is 5.97 Å². The lowest BCUT2D eigenvalue weighted by Gasteiger charge is -2.13. The molecule has 0 amide bonds. The lowest BCUT2D eigenvalue weighted by Crippen LogP contribution is -2.11. The maximum absolute atomic E-state index is 11.0. The summed E-state index contributed by atoms with van der Waals surface area (Å²) in [5.74, 6) is -0.439. The van der Waals surface area contributed by atoms with Crippen molar-refractivity contribution in [3.05, 3.63) is 11.5 Å². The molecule has 5 heteroatoms. The first-order chi connectivity index (χ1) is 7.82. The number of hydrogen-bond donors (Lipinski definition) is 1. The fourth-order valence-electron chi connectivity index (χ4n) is 1.36. The molecule has 1 heterocycles. The molecule has 0 aliphatic heterocycles. The van der Waals surface area contributed by atoms with Crippen molar-refractivity contribution in [1.29, 1.82) is 0 Å². The largest absolute Gasteiger partial charge is 0.484 e. The van der Waals surface area contributed by atoms with Crippen LogP contribution < -0.4 is 9.47 Å². The Morgan fingerprint density at radius 3 is 2.00 bits per heavy atom. The maximum Gasteiger partial charge on any atom is 0.375 e. The summed E-state index contributed by atoms with van der Waals surface area (Å²) in [5.41, 5.74) is 0. The second-order valence-corrected chi connectivity index (χ2v) is 4.28. The molecule has 1 rings (SSSR count). The van der Waals surface area contributed by atoms with Gasteiger partial charge in [-0.2, -0.15) is 0 Å². The Bertz CT molecular complexity index is 403. The molecule has 1 aromatic rings. The second-order valence-electron chi connectivity index (χ2n) is 4.28. The molecule has 0 spiro atoms. The Hall–Kier alpha value is -1.65. The third-order valence-corrected chi connectivity index (χ3v) is 1.89. The minimum absolute atomic E-state index is 0.0811. The smallest absolute Gasteiger partial charge is 0.375 e. The van der Waals surface area contributed by atoms with E-state index in [9.17, 15) is 4.79 Å². The van der Waals surface area contributed by atoms with Crippen LogP contribution in [-0.2, 0) is 0 Å². The van der Waals surface area contributed by atoms with E-state index in [0.29, 0.717) is 11.5 Å². The van der Waals surface area contributed by atoms with Gasteiger partial charge in [-0.3, -0.25) is 0 Å². The highest BCUT2D eigenvalue weighted by atomic mass is 16.5. The molecular weight excluding hydrogens is 224 g/mol. The van der Waals surface area contributed by atoms with Gasteiger partial charge in [0.2, 0.25) is 11.5 Å². The van der Waals surface area contributed by atoms with Gasteiger partial charge in [-0.05, 0) is 34.6 Å². The third kappa shape index (κ3) is 3.15. The minimum Gasteiger partial charge on any atom is -0.484 e. The van der Waals surface area contributed by atoms with Gasteiger partial charge in [0.05, 0.1) is 12.2 Å². The van der Waals surface area contributed by atoms with Crippen LogP contribution in [0, 0.1) is 6.92 Å². The molecule has 0 unspecified atom stereocenters. The molecule has 0 aliphatic carbocycles. The van der Waals surface area contributed by atoms with Crippen LogP contribution in [0.3, 0.4) is 0 Å². The Balaban J connectivity index is 3.21. The zero-order valence-electron chi connectivity index (χ0n) is 10.7. The molecule has 1 N–H and O–H groups in total. The fraction of sp³-hybridized carbons (Fsp3) is 0.583. The topological polar surface area (TPSA) is 68.9 Å². The van der Waals surface area contributed by atoms with Crippen LogP contribution in [0.1, 0.15) is 44.0 Å². The lowest BCUT2D eigenvalue weighted by atomic mass is 10.3. The number of carbonyl (C=O) groups is 1. The summed E-state index contributed by atoms with van der Waals surface area (Å²) in [4.78, 5) is 11.0. The molecule has 0 aromatic carbocycles. The van der Waals surface area contributed by atoms with Gasteiger partial charge in [-0.1, -0.05) is 0 Å². The molecule has 0 saturated heterocycles. The van der Waals surface area contributed by atoms with Crippen molar-refractivity contribution in [3.8, 4) is 11.5 Å². The van der Waals surface area contributed by atoms with E-state index < -0.39 is 5.97 Å². The van der Waals surface area contributed by atoms with E-state index in [1.165, 1.54) is 0 Å². The summed E-state index contributed by atoms with van der Waals surface area (Å²) in [6.45, 7) is 8.98. The van der Waals surface area contributed by atoms with Crippen LogP contribution in [0.15, 0.2) is 4.42 Å². The first kappa shape index (κ1) is 13.4. The van der Waals surface area contributed by atoms with E-state index in [1.54, 1.807) is 6.92 Å². The van der Waals surface area contributed by atoms with Gasteiger partial charge in [0.1, 0.15) is 5.76 Å². The predicted octanol–water partition coefficient (Wildman–Crippen LogP) is 2.86. The van der Waals surface area contributed by atoms with E-state index >= 15 is 0 Å². The third-order valence-electron chi connectivity index (χ3n) is 1.89. The highest BCUT2D eigenvalue weighted by Gasteiger charge is 2.27. The van der Waals surface area contributed by atoms with Crippen LogP contribution >= 0.6 is 0 Å². The quantitative estimate of drug-likeness (QED) is 0.859. The Labute approximate surface area is 100 Å². The monoisotopic (exact) mass is 242 g/mol. The number of hydrogen-bond acceptors (Lipinski definition) is 4. The van der Waals surface area contributed by atoms with Gasteiger partial charge in [-0.15, -0.1) is 0 Å². The second kappa shape index (κ2) is 5.12. The van der Waals surface area contributed by atoms with Crippen molar-refractivity contribution in [2.75, 3.05) is 0 Å². The Kier molecular flexibility index (Phi) is 4.04. The van der Waals surface area contributed by atoms with Crippen molar-refractivity contribution in [1.82, 2.24) is 0 Å². The van der Waals surface area contributed by atoms with Crippen molar-refractivity contribution in [2.45, 2.75) is 46.8 Å². The average molecular weight is 242 g/mol. The number of ether oxygens (including phenoxy) is 2. The van der Waals surface area contributed by atoms with E-state index in [1.807, 2.05) is 27.7 Å².